The molecule has 2 aromatic heterocycles. The number of ether oxygens (including phenoxy) is 2. The van der Waals surface area contributed by atoms with Crippen LogP contribution in [-0.2, 0) is 6.42 Å². The molecule has 1 aromatic carbocycles. The Kier molecular flexibility index (Phi) is 9.46. The lowest BCUT2D eigenvalue weighted by atomic mass is 10.1. The van der Waals surface area contributed by atoms with Crippen molar-refractivity contribution in [1.82, 2.24) is 9.97 Å². The van der Waals surface area contributed by atoms with Crippen LogP contribution >= 0.6 is 24.8 Å². The Hall–Kier alpha value is -2.42. The highest BCUT2D eigenvalue weighted by Crippen LogP contribution is 2.37. The largest absolute Gasteiger partial charge is 0.489 e. The molecule has 0 radical (unpaired) electrons. The lowest BCUT2D eigenvalue weighted by Gasteiger charge is -2.12. The summed E-state index contributed by atoms with van der Waals surface area (Å²) in [5, 5.41) is 0. The number of halogens is 4. The number of hydrogen-bond donors (Lipinski definition) is 1. The zero-order chi connectivity index (χ0) is 22.0. The van der Waals surface area contributed by atoms with Gasteiger partial charge >= 0.3 is 6.61 Å². The van der Waals surface area contributed by atoms with Gasteiger partial charge in [0.05, 0.1) is 18.3 Å². The third-order valence-corrected chi connectivity index (χ3v) is 5.04. The van der Waals surface area contributed by atoms with Gasteiger partial charge in [-0.15, -0.1) is 24.8 Å². The molecule has 1 fully saturated rings. The van der Waals surface area contributed by atoms with Gasteiger partial charge in [0.1, 0.15) is 5.76 Å². The van der Waals surface area contributed by atoms with Crippen molar-refractivity contribution in [1.29, 1.82) is 0 Å². The number of benzene rings is 1. The molecule has 0 saturated heterocycles. The van der Waals surface area contributed by atoms with Gasteiger partial charge in [0.2, 0.25) is 5.89 Å². The first-order chi connectivity index (χ1) is 14.9. The molecule has 0 aliphatic heterocycles. The first kappa shape index (κ1) is 26.8. The van der Waals surface area contributed by atoms with Gasteiger partial charge in [0, 0.05) is 23.9 Å². The number of aromatic nitrogens is 2. The Labute approximate surface area is 203 Å². The van der Waals surface area contributed by atoms with Gasteiger partial charge in [0.15, 0.2) is 11.5 Å². The summed E-state index contributed by atoms with van der Waals surface area (Å²) in [6.07, 6.45) is 4.43. The Morgan fingerprint density at radius 1 is 1.15 bits per heavy atom. The van der Waals surface area contributed by atoms with Crippen molar-refractivity contribution < 1.29 is 22.7 Å². The standard InChI is InChI=1S/C23H25F2N3O3.2ClH/c1-13-3-7-17(27-11-13)10-18-21(14(2)26)31-22(28-18)16-6-8-19(30-23(24)25)20(9-16)29-12-15-4-5-15;;/h3,6-9,11,14-15,23H,4-5,10,12,26H2,1-2H3;2*1H. The average Bonchev–Trinajstić information content (AvgIpc) is 3.46. The fourth-order valence-corrected chi connectivity index (χ4v) is 3.18. The summed E-state index contributed by atoms with van der Waals surface area (Å²) in [4.78, 5) is 9.05. The van der Waals surface area contributed by atoms with E-state index in [2.05, 4.69) is 14.7 Å². The normalized spacial score (nSPS) is 13.8. The number of alkyl halides is 2. The van der Waals surface area contributed by atoms with E-state index in [9.17, 15) is 8.78 Å². The van der Waals surface area contributed by atoms with Gasteiger partial charge in [-0.3, -0.25) is 4.98 Å². The first-order valence-electron chi connectivity index (χ1n) is 10.3. The molecular weight excluding hydrogens is 475 g/mol. The second kappa shape index (κ2) is 11.6. The number of hydrogen-bond acceptors (Lipinski definition) is 6. The van der Waals surface area contributed by atoms with Crippen LogP contribution in [0.2, 0.25) is 0 Å². The van der Waals surface area contributed by atoms with Crippen LogP contribution in [0.25, 0.3) is 11.5 Å². The van der Waals surface area contributed by atoms with Crippen LogP contribution in [0.3, 0.4) is 0 Å². The Morgan fingerprint density at radius 3 is 2.52 bits per heavy atom. The Balaban J connectivity index is 0.00000193. The van der Waals surface area contributed by atoms with E-state index in [1.807, 2.05) is 26.0 Å². The fourth-order valence-electron chi connectivity index (χ4n) is 3.18. The van der Waals surface area contributed by atoms with Crippen molar-refractivity contribution >= 4 is 24.8 Å². The predicted molar refractivity (Wildman–Crippen MR) is 126 cm³/mol. The third kappa shape index (κ3) is 7.03. The van der Waals surface area contributed by atoms with E-state index in [4.69, 9.17) is 14.9 Å². The number of rotatable bonds is 9. The summed E-state index contributed by atoms with van der Waals surface area (Å²) < 4.78 is 41.9. The van der Waals surface area contributed by atoms with E-state index in [1.165, 1.54) is 6.07 Å². The maximum Gasteiger partial charge on any atom is 0.387 e. The molecule has 0 amide bonds. The molecule has 3 aromatic rings. The van der Waals surface area contributed by atoms with Crippen molar-refractivity contribution in [3.63, 3.8) is 0 Å². The second-order valence-corrected chi connectivity index (χ2v) is 7.92. The van der Waals surface area contributed by atoms with Gasteiger partial charge in [-0.25, -0.2) is 4.98 Å². The lowest BCUT2D eigenvalue weighted by Crippen LogP contribution is -2.07. The van der Waals surface area contributed by atoms with Crippen LogP contribution in [0.4, 0.5) is 8.78 Å². The van der Waals surface area contributed by atoms with E-state index in [0.29, 0.717) is 41.9 Å². The highest BCUT2D eigenvalue weighted by molar-refractivity contribution is 5.85. The van der Waals surface area contributed by atoms with Crippen molar-refractivity contribution in [2.45, 2.75) is 45.8 Å². The highest BCUT2D eigenvalue weighted by atomic mass is 35.5. The molecule has 180 valence electrons. The zero-order valence-electron chi connectivity index (χ0n) is 18.3. The zero-order valence-corrected chi connectivity index (χ0v) is 19.9. The molecule has 1 saturated carbocycles. The molecule has 4 rings (SSSR count). The minimum Gasteiger partial charge on any atom is -0.489 e. The van der Waals surface area contributed by atoms with Gasteiger partial charge in [-0.1, -0.05) is 6.07 Å². The monoisotopic (exact) mass is 501 g/mol. The lowest BCUT2D eigenvalue weighted by molar-refractivity contribution is -0.0515. The number of nitrogens with zero attached hydrogens (tertiary/aromatic N) is 2. The molecule has 6 nitrogen and oxygen atoms in total. The summed E-state index contributed by atoms with van der Waals surface area (Å²) in [6.45, 7) is 1.32. The summed E-state index contributed by atoms with van der Waals surface area (Å²) in [5.74, 6) is 1.59. The maximum atomic E-state index is 12.8. The van der Waals surface area contributed by atoms with Crippen molar-refractivity contribution in [3.8, 4) is 23.0 Å². The average molecular weight is 502 g/mol. The van der Waals surface area contributed by atoms with Crippen LogP contribution in [0.5, 0.6) is 11.5 Å². The molecule has 0 spiro atoms. The van der Waals surface area contributed by atoms with Crippen molar-refractivity contribution in [3.05, 3.63) is 59.2 Å². The van der Waals surface area contributed by atoms with Crippen molar-refractivity contribution in [2.75, 3.05) is 6.61 Å². The third-order valence-electron chi connectivity index (χ3n) is 5.04. The summed E-state index contributed by atoms with van der Waals surface area (Å²) in [6, 6.07) is 8.24. The molecule has 33 heavy (non-hydrogen) atoms. The first-order valence-corrected chi connectivity index (χ1v) is 10.3. The number of nitrogens with two attached hydrogens (primary N) is 1. The fraction of sp³-hybridized carbons (Fsp3) is 0.391. The highest BCUT2D eigenvalue weighted by Gasteiger charge is 2.24. The van der Waals surface area contributed by atoms with Gasteiger partial charge < -0.3 is 19.6 Å². The second-order valence-electron chi connectivity index (χ2n) is 7.92. The smallest absolute Gasteiger partial charge is 0.387 e. The van der Waals surface area contributed by atoms with Crippen LogP contribution in [0, 0.1) is 12.8 Å². The van der Waals surface area contributed by atoms with Crippen molar-refractivity contribution in [2.24, 2.45) is 11.7 Å². The molecule has 2 heterocycles. The van der Waals surface area contributed by atoms with Gasteiger partial charge in [0.25, 0.3) is 0 Å². The Morgan fingerprint density at radius 2 is 1.91 bits per heavy atom. The van der Waals surface area contributed by atoms with E-state index in [1.54, 1.807) is 18.3 Å². The van der Waals surface area contributed by atoms with E-state index in [0.717, 1.165) is 24.1 Å². The van der Waals surface area contributed by atoms with Crippen LogP contribution in [0.1, 0.15) is 48.5 Å². The number of pyridine rings is 1. The molecule has 1 aliphatic carbocycles. The SMILES string of the molecule is Cc1ccc(Cc2nc(-c3ccc(OC(F)F)c(OCC4CC4)c3)oc2C(C)N)nc1.Cl.Cl. The Bertz CT molecular complexity index is 1040. The van der Waals surface area contributed by atoms with Crippen LogP contribution in [-0.4, -0.2) is 23.2 Å². The molecule has 1 atom stereocenters. The molecule has 10 heteroatoms. The maximum absolute atomic E-state index is 12.8. The molecule has 2 N–H and O–H groups in total. The summed E-state index contributed by atoms with van der Waals surface area (Å²) in [5.41, 5.74) is 9.30. The van der Waals surface area contributed by atoms with E-state index < -0.39 is 6.61 Å². The topological polar surface area (TPSA) is 83.4 Å². The van der Waals surface area contributed by atoms with E-state index >= 15 is 0 Å². The minimum absolute atomic E-state index is 0. The summed E-state index contributed by atoms with van der Waals surface area (Å²) >= 11 is 0. The van der Waals surface area contributed by atoms with Gasteiger partial charge in [-0.2, -0.15) is 8.78 Å². The van der Waals surface area contributed by atoms with Gasteiger partial charge in [-0.05, 0) is 62.4 Å². The number of oxazole rings is 1. The quantitative estimate of drug-likeness (QED) is 0.393. The van der Waals surface area contributed by atoms with E-state index in [-0.39, 0.29) is 42.4 Å². The molecule has 0 bridgehead atoms. The molecule has 1 aliphatic rings. The van der Waals surface area contributed by atoms with Crippen LogP contribution < -0.4 is 15.2 Å². The summed E-state index contributed by atoms with van der Waals surface area (Å²) in [7, 11) is 0. The number of aryl methyl sites for hydroxylation is 1. The minimum atomic E-state index is -2.94. The molecular formula is C23H27Cl2F2N3O3. The molecule has 1 unspecified atom stereocenters. The van der Waals surface area contributed by atoms with Crippen LogP contribution in [0.15, 0.2) is 40.9 Å². The predicted octanol–water partition coefficient (Wildman–Crippen LogP) is 5.89.